The van der Waals surface area contributed by atoms with Crippen molar-refractivity contribution in [2.75, 3.05) is 0 Å². The molecule has 0 unspecified atom stereocenters. The van der Waals surface area contributed by atoms with Gasteiger partial charge in [0.15, 0.2) is 5.89 Å². The van der Waals surface area contributed by atoms with Gasteiger partial charge in [0, 0.05) is 12.0 Å². The summed E-state index contributed by atoms with van der Waals surface area (Å²) in [4.78, 5) is 14.7. The minimum atomic E-state index is -0.847. The Balaban J connectivity index is 2.18. The molecule has 88 valence electrons. The van der Waals surface area contributed by atoms with Crippen molar-refractivity contribution in [3.8, 4) is 11.3 Å². The molecule has 4 heteroatoms. The number of aliphatic carboxylic acids is 1. The first kappa shape index (κ1) is 11.4. The Bertz CT molecular complexity index is 531. The minimum absolute atomic E-state index is 0.0354. The average molecular weight is 231 g/mol. The highest BCUT2D eigenvalue weighted by molar-refractivity contribution is 5.67. The van der Waals surface area contributed by atoms with Gasteiger partial charge in [0.1, 0.15) is 12.0 Å². The van der Waals surface area contributed by atoms with Crippen molar-refractivity contribution in [2.24, 2.45) is 0 Å². The Morgan fingerprint density at radius 1 is 1.41 bits per heavy atom. The molecule has 0 amide bonds. The van der Waals surface area contributed by atoms with Crippen LogP contribution in [0.4, 0.5) is 0 Å². The van der Waals surface area contributed by atoms with E-state index in [9.17, 15) is 4.79 Å². The molecular formula is C13H13NO3. The number of hydrogen-bond acceptors (Lipinski definition) is 3. The summed E-state index contributed by atoms with van der Waals surface area (Å²) in [7, 11) is 0. The van der Waals surface area contributed by atoms with Crippen molar-refractivity contribution in [2.45, 2.75) is 19.8 Å². The Hall–Kier alpha value is -2.10. The van der Waals surface area contributed by atoms with Gasteiger partial charge in [-0.25, -0.2) is 4.98 Å². The summed E-state index contributed by atoms with van der Waals surface area (Å²) in [6.45, 7) is 2.00. The lowest BCUT2D eigenvalue weighted by Gasteiger charge is -1.99. The Labute approximate surface area is 98.9 Å². The van der Waals surface area contributed by atoms with Crippen molar-refractivity contribution < 1.29 is 14.3 Å². The number of hydrogen-bond donors (Lipinski definition) is 1. The fourth-order valence-corrected chi connectivity index (χ4v) is 1.62. The van der Waals surface area contributed by atoms with E-state index in [1.165, 1.54) is 0 Å². The Morgan fingerprint density at radius 2 is 2.18 bits per heavy atom. The van der Waals surface area contributed by atoms with E-state index in [4.69, 9.17) is 9.52 Å². The van der Waals surface area contributed by atoms with Crippen LogP contribution in [0.15, 0.2) is 34.9 Å². The summed E-state index contributed by atoms with van der Waals surface area (Å²) in [5.41, 5.74) is 2.88. The van der Waals surface area contributed by atoms with Gasteiger partial charge in [-0.3, -0.25) is 4.79 Å². The van der Waals surface area contributed by atoms with Crippen LogP contribution >= 0.6 is 0 Å². The summed E-state index contributed by atoms with van der Waals surface area (Å²) >= 11 is 0. The maximum atomic E-state index is 10.4. The highest BCUT2D eigenvalue weighted by Crippen LogP contribution is 2.22. The molecule has 0 saturated carbocycles. The summed E-state index contributed by atoms with van der Waals surface area (Å²) < 4.78 is 5.25. The SMILES string of the molecule is Cc1ccccc1-c1coc(CCC(=O)O)n1. The molecule has 0 radical (unpaired) electrons. The number of rotatable bonds is 4. The zero-order chi connectivity index (χ0) is 12.3. The summed E-state index contributed by atoms with van der Waals surface area (Å²) in [6, 6.07) is 7.87. The van der Waals surface area contributed by atoms with E-state index < -0.39 is 5.97 Å². The zero-order valence-corrected chi connectivity index (χ0v) is 9.51. The van der Waals surface area contributed by atoms with Crippen LogP contribution in [0.5, 0.6) is 0 Å². The van der Waals surface area contributed by atoms with Crippen LogP contribution < -0.4 is 0 Å². The smallest absolute Gasteiger partial charge is 0.303 e. The van der Waals surface area contributed by atoms with Gasteiger partial charge in [-0.1, -0.05) is 24.3 Å². The van der Waals surface area contributed by atoms with Crippen molar-refractivity contribution in [3.05, 3.63) is 42.0 Å². The molecule has 1 aromatic carbocycles. The predicted molar refractivity (Wildman–Crippen MR) is 62.6 cm³/mol. The van der Waals surface area contributed by atoms with E-state index in [0.717, 1.165) is 16.8 Å². The van der Waals surface area contributed by atoms with Gasteiger partial charge in [0.05, 0.1) is 6.42 Å². The van der Waals surface area contributed by atoms with E-state index in [1.807, 2.05) is 31.2 Å². The van der Waals surface area contributed by atoms with Gasteiger partial charge in [-0.2, -0.15) is 0 Å². The lowest BCUT2D eigenvalue weighted by Crippen LogP contribution is -1.97. The van der Waals surface area contributed by atoms with Crippen LogP contribution in [0.2, 0.25) is 0 Å². The first-order valence-electron chi connectivity index (χ1n) is 5.39. The molecule has 4 nitrogen and oxygen atoms in total. The lowest BCUT2D eigenvalue weighted by atomic mass is 10.1. The van der Waals surface area contributed by atoms with Gasteiger partial charge in [0.25, 0.3) is 0 Å². The van der Waals surface area contributed by atoms with Gasteiger partial charge in [-0.15, -0.1) is 0 Å². The van der Waals surface area contributed by atoms with Crippen LogP contribution in [-0.4, -0.2) is 16.1 Å². The van der Waals surface area contributed by atoms with Crippen LogP contribution in [0, 0.1) is 6.92 Å². The maximum absolute atomic E-state index is 10.4. The van der Waals surface area contributed by atoms with E-state index in [2.05, 4.69) is 4.98 Å². The van der Waals surface area contributed by atoms with Gasteiger partial charge >= 0.3 is 5.97 Å². The predicted octanol–water partition coefficient (Wildman–Crippen LogP) is 2.67. The van der Waals surface area contributed by atoms with Crippen LogP contribution in [0.1, 0.15) is 17.9 Å². The number of oxazole rings is 1. The van der Waals surface area contributed by atoms with Crippen LogP contribution in [-0.2, 0) is 11.2 Å². The number of benzene rings is 1. The highest BCUT2D eigenvalue weighted by Gasteiger charge is 2.09. The number of aromatic nitrogens is 1. The van der Waals surface area contributed by atoms with Crippen molar-refractivity contribution in [1.82, 2.24) is 4.98 Å². The normalized spacial score (nSPS) is 10.4. The van der Waals surface area contributed by atoms with Gasteiger partial charge in [0.2, 0.25) is 0 Å². The number of carbonyl (C=O) groups is 1. The molecular weight excluding hydrogens is 218 g/mol. The highest BCUT2D eigenvalue weighted by atomic mass is 16.4. The first-order valence-corrected chi connectivity index (χ1v) is 5.39. The number of aryl methyl sites for hydroxylation is 2. The molecule has 0 spiro atoms. The molecule has 0 saturated heterocycles. The number of carboxylic acid groups (broad SMARTS) is 1. The molecule has 0 aliphatic carbocycles. The Morgan fingerprint density at radius 3 is 2.88 bits per heavy atom. The zero-order valence-electron chi connectivity index (χ0n) is 9.51. The molecule has 0 aliphatic rings. The third kappa shape index (κ3) is 2.72. The molecule has 1 aromatic heterocycles. The van der Waals surface area contributed by atoms with E-state index in [1.54, 1.807) is 6.26 Å². The van der Waals surface area contributed by atoms with Gasteiger partial charge in [-0.05, 0) is 12.5 Å². The molecule has 0 atom stereocenters. The summed E-state index contributed by atoms with van der Waals surface area (Å²) in [6.07, 6.45) is 1.93. The molecule has 1 N–H and O–H groups in total. The van der Waals surface area contributed by atoms with Crippen molar-refractivity contribution >= 4 is 5.97 Å². The largest absolute Gasteiger partial charge is 0.481 e. The molecule has 17 heavy (non-hydrogen) atoms. The van der Waals surface area contributed by atoms with Crippen molar-refractivity contribution in [3.63, 3.8) is 0 Å². The molecule has 2 aromatic rings. The fourth-order valence-electron chi connectivity index (χ4n) is 1.62. The average Bonchev–Trinajstić information content (AvgIpc) is 2.75. The summed E-state index contributed by atoms with van der Waals surface area (Å²) in [5.74, 6) is -0.383. The standard InChI is InChI=1S/C13H13NO3/c1-9-4-2-3-5-10(9)11-8-17-12(14-11)6-7-13(15)16/h2-5,8H,6-7H2,1H3,(H,15,16). The second-order valence-electron chi connectivity index (χ2n) is 3.84. The lowest BCUT2D eigenvalue weighted by molar-refractivity contribution is -0.137. The monoisotopic (exact) mass is 231 g/mol. The van der Waals surface area contributed by atoms with Crippen molar-refractivity contribution in [1.29, 1.82) is 0 Å². The van der Waals surface area contributed by atoms with E-state index in [-0.39, 0.29) is 6.42 Å². The molecule has 0 bridgehead atoms. The molecule has 2 rings (SSSR count). The van der Waals surface area contributed by atoms with Crippen LogP contribution in [0.3, 0.4) is 0 Å². The minimum Gasteiger partial charge on any atom is -0.481 e. The molecule has 1 heterocycles. The second-order valence-corrected chi connectivity index (χ2v) is 3.84. The first-order chi connectivity index (χ1) is 8.16. The van der Waals surface area contributed by atoms with E-state index in [0.29, 0.717) is 12.3 Å². The summed E-state index contributed by atoms with van der Waals surface area (Å²) in [5, 5.41) is 8.57. The second kappa shape index (κ2) is 4.82. The number of carboxylic acids is 1. The van der Waals surface area contributed by atoms with E-state index >= 15 is 0 Å². The molecule has 0 aliphatic heterocycles. The Kier molecular flexibility index (Phi) is 3.23. The third-order valence-electron chi connectivity index (χ3n) is 2.53. The fraction of sp³-hybridized carbons (Fsp3) is 0.231. The molecule has 0 fully saturated rings. The van der Waals surface area contributed by atoms with Crippen LogP contribution in [0.25, 0.3) is 11.3 Å². The topological polar surface area (TPSA) is 63.3 Å². The quantitative estimate of drug-likeness (QED) is 0.878. The maximum Gasteiger partial charge on any atom is 0.303 e. The third-order valence-corrected chi connectivity index (χ3v) is 2.53. The van der Waals surface area contributed by atoms with Gasteiger partial charge < -0.3 is 9.52 Å². The number of nitrogens with zero attached hydrogens (tertiary/aromatic N) is 1.